The molecule has 0 spiro atoms. The number of halogens is 1. The van der Waals surface area contributed by atoms with Crippen molar-refractivity contribution in [3.05, 3.63) is 35.9 Å². The van der Waals surface area contributed by atoms with E-state index in [1.165, 1.54) is 0 Å². The molecule has 2 rings (SSSR count). The maximum Gasteiger partial charge on any atom is 0.326 e. The summed E-state index contributed by atoms with van der Waals surface area (Å²) in [5.74, 6) is -0.138. The van der Waals surface area contributed by atoms with Gasteiger partial charge in [-0.25, -0.2) is 0 Å². The Hall–Kier alpha value is -1.06. The molecule has 0 amide bonds. The number of ether oxygens (including phenoxy) is 1. The Labute approximate surface area is 114 Å². The van der Waals surface area contributed by atoms with Gasteiger partial charge in [-0.05, 0) is 38.3 Å². The van der Waals surface area contributed by atoms with E-state index in [4.69, 9.17) is 4.74 Å². The largest absolute Gasteiger partial charge is 0.459 e. The Bertz CT molecular complexity index is 375. The van der Waals surface area contributed by atoms with Gasteiger partial charge >= 0.3 is 5.97 Å². The molecule has 0 aromatic heterocycles. The quantitative estimate of drug-likeness (QED) is 0.858. The molecular formula is C14H20ClNO2. The van der Waals surface area contributed by atoms with Crippen LogP contribution in [0.1, 0.15) is 31.7 Å². The third kappa shape index (κ3) is 3.72. The number of esters is 1. The lowest BCUT2D eigenvalue weighted by Gasteiger charge is -2.32. The summed E-state index contributed by atoms with van der Waals surface area (Å²) in [6, 6.07) is 9.77. The molecule has 1 aliphatic rings. The van der Waals surface area contributed by atoms with Crippen LogP contribution in [0.4, 0.5) is 0 Å². The monoisotopic (exact) mass is 269 g/mol. The second kappa shape index (κ2) is 6.76. The average molecular weight is 270 g/mol. The lowest BCUT2D eigenvalue weighted by Crippen LogP contribution is -2.52. The van der Waals surface area contributed by atoms with Crippen LogP contribution in [-0.2, 0) is 16.1 Å². The fraction of sp³-hybridized carbons (Fsp3) is 0.500. The lowest BCUT2D eigenvalue weighted by molar-refractivity contribution is -0.153. The van der Waals surface area contributed by atoms with E-state index in [-0.39, 0.29) is 18.4 Å². The van der Waals surface area contributed by atoms with Crippen LogP contribution in [0, 0.1) is 0 Å². The van der Waals surface area contributed by atoms with Gasteiger partial charge in [0.2, 0.25) is 0 Å². The number of rotatable bonds is 3. The molecule has 1 saturated heterocycles. The van der Waals surface area contributed by atoms with Crippen LogP contribution in [0.15, 0.2) is 30.3 Å². The number of hydrogen-bond donors (Lipinski definition) is 1. The van der Waals surface area contributed by atoms with Crippen molar-refractivity contribution >= 4 is 18.4 Å². The Morgan fingerprint density at radius 2 is 2.06 bits per heavy atom. The van der Waals surface area contributed by atoms with Crippen molar-refractivity contribution in [2.45, 2.75) is 38.3 Å². The molecule has 1 unspecified atom stereocenters. The summed E-state index contributed by atoms with van der Waals surface area (Å²) in [7, 11) is 0. The smallest absolute Gasteiger partial charge is 0.326 e. The van der Waals surface area contributed by atoms with E-state index in [1.807, 2.05) is 37.3 Å². The number of piperidine rings is 1. The Morgan fingerprint density at radius 3 is 2.67 bits per heavy atom. The van der Waals surface area contributed by atoms with Gasteiger partial charge in [0.25, 0.3) is 0 Å². The highest BCUT2D eigenvalue weighted by atomic mass is 35.5. The van der Waals surface area contributed by atoms with Gasteiger partial charge < -0.3 is 10.1 Å². The van der Waals surface area contributed by atoms with Gasteiger partial charge in [-0.15, -0.1) is 12.4 Å². The lowest BCUT2D eigenvalue weighted by atomic mass is 9.91. The molecule has 1 aromatic carbocycles. The van der Waals surface area contributed by atoms with Crippen LogP contribution in [-0.4, -0.2) is 18.1 Å². The minimum absolute atomic E-state index is 0. The second-order valence-corrected chi connectivity index (χ2v) is 4.78. The van der Waals surface area contributed by atoms with Gasteiger partial charge in [-0.2, -0.15) is 0 Å². The van der Waals surface area contributed by atoms with Crippen molar-refractivity contribution in [3.63, 3.8) is 0 Å². The molecule has 4 heteroatoms. The summed E-state index contributed by atoms with van der Waals surface area (Å²) in [5, 5.41) is 3.26. The first kappa shape index (κ1) is 15.0. The third-order valence-electron chi connectivity index (χ3n) is 3.28. The Balaban J connectivity index is 0.00000162. The van der Waals surface area contributed by atoms with Gasteiger partial charge in [0.15, 0.2) is 0 Å². The molecule has 1 aromatic rings. The highest BCUT2D eigenvalue weighted by Crippen LogP contribution is 2.20. The normalized spacial score (nSPS) is 22.9. The minimum Gasteiger partial charge on any atom is -0.459 e. The van der Waals surface area contributed by atoms with Crippen molar-refractivity contribution in [3.8, 4) is 0 Å². The first-order valence-electron chi connectivity index (χ1n) is 6.17. The minimum atomic E-state index is -0.493. The molecule has 1 heterocycles. The SMILES string of the molecule is CC1(C(=O)OCc2ccccc2)CCCCN1.Cl. The van der Waals surface area contributed by atoms with Crippen molar-refractivity contribution in [2.24, 2.45) is 0 Å². The fourth-order valence-electron chi connectivity index (χ4n) is 2.11. The van der Waals surface area contributed by atoms with Crippen molar-refractivity contribution in [1.82, 2.24) is 5.32 Å². The average Bonchev–Trinajstić information content (AvgIpc) is 2.38. The van der Waals surface area contributed by atoms with Gasteiger partial charge in [-0.1, -0.05) is 30.3 Å². The van der Waals surface area contributed by atoms with Gasteiger partial charge in [0.1, 0.15) is 12.1 Å². The van der Waals surface area contributed by atoms with Crippen molar-refractivity contribution < 1.29 is 9.53 Å². The van der Waals surface area contributed by atoms with E-state index < -0.39 is 5.54 Å². The maximum absolute atomic E-state index is 12.0. The molecule has 0 aliphatic carbocycles. The van der Waals surface area contributed by atoms with Crippen molar-refractivity contribution in [2.75, 3.05) is 6.54 Å². The predicted molar refractivity (Wildman–Crippen MR) is 73.7 cm³/mol. The first-order chi connectivity index (χ1) is 8.21. The number of hydrogen-bond acceptors (Lipinski definition) is 3. The maximum atomic E-state index is 12.0. The van der Waals surface area contributed by atoms with Gasteiger partial charge in [0, 0.05) is 0 Å². The summed E-state index contributed by atoms with van der Waals surface area (Å²) in [6.07, 6.45) is 3.09. The zero-order chi connectivity index (χ0) is 12.1. The molecule has 3 nitrogen and oxygen atoms in total. The van der Waals surface area contributed by atoms with Crippen LogP contribution < -0.4 is 5.32 Å². The number of nitrogens with one attached hydrogen (secondary N) is 1. The molecule has 0 radical (unpaired) electrons. The molecule has 1 N–H and O–H groups in total. The highest BCUT2D eigenvalue weighted by molar-refractivity contribution is 5.85. The summed E-state index contributed by atoms with van der Waals surface area (Å²) >= 11 is 0. The van der Waals surface area contributed by atoms with Crippen LogP contribution in [0.25, 0.3) is 0 Å². The van der Waals surface area contributed by atoms with E-state index in [0.29, 0.717) is 6.61 Å². The third-order valence-corrected chi connectivity index (χ3v) is 3.28. The van der Waals surface area contributed by atoms with Crippen LogP contribution in [0.3, 0.4) is 0 Å². The summed E-state index contributed by atoms with van der Waals surface area (Å²) in [6.45, 7) is 3.19. The summed E-state index contributed by atoms with van der Waals surface area (Å²) in [4.78, 5) is 12.0. The topological polar surface area (TPSA) is 38.3 Å². The van der Waals surface area contributed by atoms with E-state index in [9.17, 15) is 4.79 Å². The molecule has 1 aliphatic heterocycles. The van der Waals surface area contributed by atoms with E-state index in [1.54, 1.807) is 0 Å². The van der Waals surface area contributed by atoms with Gasteiger partial charge in [-0.3, -0.25) is 4.79 Å². The molecule has 100 valence electrons. The van der Waals surface area contributed by atoms with Crippen molar-refractivity contribution in [1.29, 1.82) is 0 Å². The van der Waals surface area contributed by atoms with Crippen LogP contribution in [0.5, 0.6) is 0 Å². The van der Waals surface area contributed by atoms with E-state index in [0.717, 1.165) is 31.4 Å². The summed E-state index contributed by atoms with van der Waals surface area (Å²) < 4.78 is 5.37. The summed E-state index contributed by atoms with van der Waals surface area (Å²) in [5.41, 5.74) is 0.535. The molecule has 18 heavy (non-hydrogen) atoms. The Kier molecular flexibility index (Phi) is 5.63. The zero-order valence-corrected chi connectivity index (χ0v) is 11.5. The van der Waals surface area contributed by atoms with Crippen LogP contribution in [0.2, 0.25) is 0 Å². The molecule has 1 atom stereocenters. The fourth-order valence-corrected chi connectivity index (χ4v) is 2.11. The Morgan fingerprint density at radius 1 is 1.33 bits per heavy atom. The van der Waals surface area contributed by atoms with E-state index in [2.05, 4.69) is 5.32 Å². The number of carbonyl (C=O) groups is 1. The predicted octanol–water partition coefficient (Wildman–Crippen LogP) is 2.68. The molecule has 1 fully saturated rings. The molecular weight excluding hydrogens is 250 g/mol. The number of benzene rings is 1. The zero-order valence-electron chi connectivity index (χ0n) is 10.6. The second-order valence-electron chi connectivity index (χ2n) is 4.78. The molecule has 0 bridgehead atoms. The standard InChI is InChI=1S/C14H19NO2.ClH/c1-14(9-5-6-10-15-14)13(16)17-11-12-7-3-2-4-8-12;/h2-4,7-8,15H,5-6,9-11H2,1H3;1H. The molecule has 0 saturated carbocycles. The number of carbonyl (C=O) groups excluding carboxylic acids is 1. The van der Waals surface area contributed by atoms with Crippen LogP contribution >= 0.6 is 12.4 Å². The first-order valence-corrected chi connectivity index (χ1v) is 6.17. The highest BCUT2D eigenvalue weighted by Gasteiger charge is 2.35. The van der Waals surface area contributed by atoms with E-state index >= 15 is 0 Å². The van der Waals surface area contributed by atoms with Gasteiger partial charge in [0.05, 0.1) is 0 Å².